The molecule has 0 bridgehead atoms. The molecule has 1 aromatic carbocycles. The molecule has 0 aliphatic carbocycles. The van der Waals surface area contributed by atoms with Crippen LogP contribution in [0.5, 0.6) is 11.5 Å². The van der Waals surface area contributed by atoms with Gasteiger partial charge in [0.05, 0.1) is 13.7 Å². The van der Waals surface area contributed by atoms with Crippen molar-refractivity contribution in [1.82, 2.24) is 10.2 Å². The third kappa shape index (κ3) is 5.55. The van der Waals surface area contributed by atoms with E-state index in [0.717, 1.165) is 49.9 Å². The Bertz CT molecular complexity index is 584. The van der Waals surface area contributed by atoms with Gasteiger partial charge in [0.15, 0.2) is 17.5 Å². The lowest BCUT2D eigenvalue weighted by atomic mass is 9.93. The second kappa shape index (κ2) is 8.97. The van der Waals surface area contributed by atoms with Gasteiger partial charge in [0.2, 0.25) is 0 Å². The number of hydrogen-bond acceptors (Lipinski definition) is 3. The van der Waals surface area contributed by atoms with Gasteiger partial charge in [-0.2, -0.15) is 0 Å². The fraction of sp³-hybridized carbons (Fsp3) is 0.650. The predicted octanol–water partition coefficient (Wildman–Crippen LogP) is 3.33. The lowest BCUT2D eigenvalue weighted by Gasteiger charge is -2.23. The van der Waals surface area contributed by atoms with Gasteiger partial charge in [0.1, 0.15) is 0 Å². The topological polar surface area (TPSA) is 46.1 Å². The van der Waals surface area contributed by atoms with Crippen molar-refractivity contribution in [1.29, 1.82) is 0 Å². The normalized spacial score (nSPS) is 16.8. The minimum atomic E-state index is 0.385. The van der Waals surface area contributed by atoms with E-state index in [2.05, 4.69) is 41.2 Å². The smallest absolute Gasteiger partial charge is 0.193 e. The van der Waals surface area contributed by atoms with E-state index in [1.54, 1.807) is 7.11 Å². The van der Waals surface area contributed by atoms with Crippen molar-refractivity contribution in [3.63, 3.8) is 0 Å². The number of aliphatic imine (C=N–C) groups is 1. The Balaban J connectivity index is 1.81. The van der Waals surface area contributed by atoms with Crippen molar-refractivity contribution < 1.29 is 9.47 Å². The number of ether oxygens (including phenoxy) is 2. The zero-order valence-electron chi connectivity index (χ0n) is 16.4. The lowest BCUT2D eigenvalue weighted by Crippen LogP contribution is -2.41. The highest BCUT2D eigenvalue weighted by atomic mass is 16.5. The number of aryl methyl sites for hydroxylation is 1. The number of likely N-dealkylation sites (tertiary alicyclic amines) is 1. The molecule has 0 radical (unpaired) electrons. The molecule has 1 saturated heterocycles. The molecule has 0 saturated carbocycles. The van der Waals surface area contributed by atoms with Crippen LogP contribution in [0, 0.1) is 5.41 Å². The van der Waals surface area contributed by atoms with E-state index < -0.39 is 0 Å². The molecule has 5 heteroatoms. The van der Waals surface area contributed by atoms with Crippen LogP contribution in [-0.4, -0.2) is 51.3 Å². The first-order valence-electron chi connectivity index (χ1n) is 9.24. The van der Waals surface area contributed by atoms with Gasteiger partial charge < -0.3 is 19.7 Å². The third-order valence-electron chi connectivity index (χ3n) is 4.64. The van der Waals surface area contributed by atoms with Gasteiger partial charge in [0.25, 0.3) is 0 Å². The van der Waals surface area contributed by atoms with Crippen LogP contribution in [0.2, 0.25) is 0 Å². The molecule has 1 aliphatic rings. The van der Waals surface area contributed by atoms with Crippen molar-refractivity contribution >= 4 is 5.96 Å². The number of nitrogens with zero attached hydrogens (tertiary/aromatic N) is 2. The first kappa shape index (κ1) is 19.4. The molecule has 140 valence electrons. The molecule has 25 heavy (non-hydrogen) atoms. The molecule has 1 aliphatic heterocycles. The molecule has 0 unspecified atom stereocenters. The van der Waals surface area contributed by atoms with Crippen LogP contribution in [-0.2, 0) is 6.42 Å². The number of nitrogens with one attached hydrogen (secondary N) is 1. The van der Waals surface area contributed by atoms with E-state index in [0.29, 0.717) is 12.0 Å². The summed E-state index contributed by atoms with van der Waals surface area (Å²) in [6, 6.07) is 6.18. The maximum absolute atomic E-state index is 5.65. The van der Waals surface area contributed by atoms with Gasteiger partial charge in [-0.1, -0.05) is 19.9 Å². The summed E-state index contributed by atoms with van der Waals surface area (Å²) in [7, 11) is 3.54. The monoisotopic (exact) mass is 347 g/mol. The maximum Gasteiger partial charge on any atom is 0.193 e. The number of rotatable bonds is 7. The van der Waals surface area contributed by atoms with Gasteiger partial charge in [0, 0.05) is 26.7 Å². The van der Waals surface area contributed by atoms with Gasteiger partial charge in [-0.3, -0.25) is 4.99 Å². The second-order valence-electron chi connectivity index (χ2n) is 7.33. The van der Waals surface area contributed by atoms with Crippen LogP contribution in [0.25, 0.3) is 0 Å². The van der Waals surface area contributed by atoms with Gasteiger partial charge in [-0.15, -0.1) is 0 Å². The first-order valence-corrected chi connectivity index (χ1v) is 9.24. The van der Waals surface area contributed by atoms with E-state index in [4.69, 9.17) is 9.47 Å². The summed E-state index contributed by atoms with van der Waals surface area (Å²) in [5, 5.41) is 3.50. The summed E-state index contributed by atoms with van der Waals surface area (Å²) in [6.45, 7) is 10.3. The van der Waals surface area contributed by atoms with Crippen molar-refractivity contribution in [3.05, 3.63) is 23.8 Å². The second-order valence-corrected chi connectivity index (χ2v) is 7.33. The van der Waals surface area contributed by atoms with Crippen LogP contribution >= 0.6 is 0 Å². The minimum Gasteiger partial charge on any atom is -0.493 e. The standard InChI is InChI=1S/C20H33N3O2/c1-6-25-18-14-16(9-10-17(18)24-5)8-7-12-22-19(21-4)23-13-11-20(2,3)15-23/h9-10,14H,6-8,11-13,15H2,1-5H3,(H,21,22). The molecule has 0 amide bonds. The van der Waals surface area contributed by atoms with E-state index in [9.17, 15) is 0 Å². The summed E-state index contributed by atoms with van der Waals surface area (Å²) in [4.78, 5) is 6.80. The molecule has 5 nitrogen and oxygen atoms in total. The Labute approximate surface area is 152 Å². The summed E-state index contributed by atoms with van der Waals surface area (Å²) in [6.07, 6.45) is 3.27. The van der Waals surface area contributed by atoms with E-state index in [-0.39, 0.29) is 0 Å². The van der Waals surface area contributed by atoms with Crippen LogP contribution in [0.15, 0.2) is 23.2 Å². The Morgan fingerprint density at radius 1 is 1.32 bits per heavy atom. The number of methoxy groups -OCH3 is 1. The highest BCUT2D eigenvalue weighted by Crippen LogP contribution is 2.29. The zero-order valence-corrected chi connectivity index (χ0v) is 16.4. The number of benzene rings is 1. The van der Waals surface area contributed by atoms with Gasteiger partial charge in [-0.25, -0.2) is 0 Å². The molecule has 0 aromatic heterocycles. The fourth-order valence-corrected chi connectivity index (χ4v) is 3.26. The van der Waals surface area contributed by atoms with Crippen molar-refractivity contribution in [2.75, 3.05) is 40.4 Å². The Morgan fingerprint density at radius 3 is 2.72 bits per heavy atom. The van der Waals surface area contributed by atoms with Crippen LogP contribution < -0.4 is 14.8 Å². The highest BCUT2D eigenvalue weighted by molar-refractivity contribution is 5.80. The Morgan fingerprint density at radius 2 is 2.12 bits per heavy atom. The molecule has 0 spiro atoms. The summed E-state index contributed by atoms with van der Waals surface area (Å²) in [5.74, 6) is 2.64. The number of hydrogen-bond donors (Lipinski definition) is 1. The fourth-order valence-electron chi connectivity index (χ4n) is 3.26. The average Bonchev–Trinajstić information content (AvgIpc) is 2.95. The van der Waals surface area contributed by atoms with Crippen molar-refractivity contribution in [2.24, 2.45) is 10.4 Å². The first-order chi connectivity index (χ1) is 12.0. The third-order valence-corrected chi connectivity index (χ3v) is 4.64. The molecule has 2 rings (SSSR count). The quantitative estimate of drug-likeness (QED) is 0.467. The van der Waals surface area contributed by atoms with Gasteiger partial charge in [-0.05, 0) is 49.3 Å². The Kier molecular flexibility index (Phi) is 6.97. The predicted molar refractivity (Wildman–Crippen MR) is 104 cm³/mol. The lowest BCUT2D eigenvalue weighted by molar-refractivity contribution is 0.310. The van der Waals surface area contributed by atoms with E-state index in [1.807, 2.05) is 20.0 Å². The summed E-state index contributed by atoms with van der Waals surface area (Å²) < 4.78 is 11.0. The maximum atomic E-state index is 5.65. The van der Waals surface area contributed by atoms with Gasteiger partial charge >= 0.3 is 0 Å². The highest BCUT2D eigenvalue weighted by Gasteiger charge is 2.30. The largest absolute Gasteiger partial charge is 0.493 e. The Hall–Kier alpha value is -1.91. The van der Waals surface area contributed by atoms with Crippen LogP contribution in [0.3, 0.4) is 0 Å². The summed E-state index contributed by atoms with van der Waals surface area (Å²) in [5.41, 5.74) is 1.65. The van der Waals surface area contributed by atoms with E-state index >= 15 is 0 Å². The molecule has 1 heterocycles. The van der Waals surface area contributed by atoms with Crippen LogP contribution in [0.4, 0.5) is 0 Å². The molecule has 0 atom stereocenters. The molecule has 1 fully saturated rings. The molecular weight excluding hydrogens is 314 g/mol. The van der Waals surface area contributed by atoms with Crippen LogP contribution in [0.1, 0.15) is 39.2 Å². The molecule has 1 aromatic rings. The zero-order chi connectivity index (χ0) is 18.3. The molecular formula is C20H33N3O2. The summed E-state index contributed by atoms with van der Waals surface area (Å²) >= 11 is 0. The SMILES string of the molecule is CCOc1cc(CCCNC(=NC)N2CCC(C)(C)C2)ccc1OC. The number of guanidine groups is 1. The molecule has 1 N–H and O–H groups in total. The van der Waals surface area contributed by atoms with E-state index in [1.165, 1.54) is 12.0 Å². The average molecular weight is 348 g/mol. The van der Waals surface area contributed by atoms with Crippen molar-refractivity contribution in [3.8, 4) is 11.5 Å². The minimum absolute atomic E-state index is 0.385. The van der Waals surface area contributed by atoms with Crippen molar-refractivity contribution in [2.45, 2.75) is 40.0 Å².